The van der Waals surface area contributed by atoms with Gasteiger partial charge in [0.25, 0.3) is 0 Å². The SMILES string of the molecule is CC(C)(C)c1cc2c(c(C(C)(C)C)c1)OB(C1=CC=C(B3Oc4cc(C(C)(C)C)cc(C(C)(C)C)c4O3)C1[Si](C)(C)C)O2. The van der Waals surface area contributed by atoms with Gasteiger partial charge in [-0.2, -0.15) is 0 Å². The molecule has 2 heterocycles. The van der Waals surface area contributed by atoms with Crippen LogP contribution >= 0.6 is 0 Å². The van der Waals surface area contributed by atoms with Crippen LogP contribution in [0.15, 0.2) is 47.4 Å². The number of hydrogen-bond donors (Lipinski definition) is 0. The lowest BCUT2D eigenvalue weighted by atomic mass is 9.69. The monoisotopic (exact) mass is 598 g/mol. The van der Waals surface area contributed by atoms with E-state index in [-0.39, 0.29) is 27.2 Å². The van der Waals surface area contributed by atoms with Crippen molar-refractivity contribution in [1.29, 1.82) is 0 Å². The first-order valence-electron chi connectivity index (χ1n) is 15.9. The molecule has 0 atom stereocenters. The smallest absolute Gasteiger partial charge is 0.519 e. The molecule has 0 aromatic heterocycles. The molecule has 0 saturated carbocycles. The van der Waals surface area contributed by atoms with Crippen LogP contribution in [0.1, 0.15) is 105 Å². The van der Waals surface area contributed by atoms with Crippen LogP contribution in [0.4, 0.5) is 0 Å². The molecular weight excluding hydrogens is 546 g/mol. The summed E-state index contributed by atoms with van der Waals surface area (Å²) >= 11 is 0. The average molecular weight is 599 g/mol. The number of fused-ring (bicyclic) bond motifs is 2. The average Bonchev–Trinajstić information content (AvgIpc) is 3.54. The van der Waals surface area contributed by atoms with Crippen molar-refractivity contribution in [3.63, 3.8) is 0 Å². The standard InChI is InChI=1S/C36H52B2O4Si/c1-33(2,3)22-18-24(35(7,8)9)30-28(20-22)39-37(41-30)26-16-17-27(32(26)43(13,14)15)38-40-29-21-23(34(4,5)6)19-25(31(29)42-38)36(10,11)12/h16-21,32H,1-15H3. The highest BCUT2D eigenvalue weighted by Crippen LogP contribution is 2.52. The van der Waals surface area contributed by atoms with Crippen molar-refractivity contribution in [1.82, 2.24) is 0 Å². The van der Waals surface area contributed by atoms with Crippen LogP contribution in [0.2, 0.25) is 25.2 Å². The van der Waals surface area contributed by atoms with Gasteiger partial charge in [0.1, 0.15) is 23.0 Å². The summed E-state index contributed by atoms with van der Waals surface area (Å²) in [6, 6.07) is 8.98. The van der Waals surface area contributed by atoms with Gasteiger partial charge in [-0.1, -0.05) is 127 Å². The first-order valence-corrected chi connectivity index (χ1v) is 19.5. The predicted molar refractivity (Wildman–Crippen MR) is 185 cm³/mol. The first-order chi connectivity index (χ1) is 19.5. The minimum absolute atomic E-state index is 0.00358. The Labute approximate surface area is 262 Å². The Balaban J connectivity index is 1.48. The Morgan fingerprint density at radius 3 is 1.14 bits per heavy atom. The van der Waals surface area contributed by atoms with Crippen LogP contribution in [-0.4, -0.2) is 22.3 Å². The second kappa shape index (κ2) is 9.99. The molecule has 0 N–H and O–H groups in total. The van der Waals surface area contributed by atoms with Crippen molar-refractivity contribution >= 4 is 22.3 Å². The fraction of sp³-hybridized carbons (Fsp3) is 0.556. The minimum atomic E-state index is -1.83. The van der Waals surface area contributed by atoms with Crippen molar-refractivity contribution in [3.05, 3.63) is 69.6 Å². The molecule has 2 aromatic carbocycles. The maximum atomic E-state index is 6.75. The lowest BCUT2D eigenvalue weighted by molar-refractivity contribution is 0.492. The molecule has 0 bridgehead atoms. The van der Waals surface area contributed by atoms with Crippen LogP contribution in [0.3, 0.4) is 0 Å². The van der Waals surface area contributed by atoms with Crippen molar-refractivity contribution in [2.45, 2.75) is 130 Å². The molecule has 0 amide bonds. The van der Waals surface area contributed by atoms with Gasteiger partial charge in [0.15, 0.2) is 0 Å². The summed E-state index contributed by atoms with van der Waals surface area (Å²) in [6.45, 7) is 34.2. The van der Waals surface area contributed by atoms with Gasteiger partial charge in [0.2, 0.25) is 0 Å². The highest BCUT2D eigenvalue weighted by Gasteiger charge is 2.53. The summed E-state index contributed by atoms with van der Waals surface area (Å²) in [6.07, 6.45) is 4.41. The molecule has 7 heteroatoms. The molecule has 0 spiro atoms. The third-order valence-corrected chi connectivity index (χ3v) is 11.3. The van der Waals surface area contributed by atoms with E-state index < -0.39 is 22.3 Å². The van der Waals surface area contributed by atoms with Gasteiger partial charge in [0, 0.05) is 11.1 Å². The van der Waals surface area contributed by atoms with E-state index in [4.69, 9.17) is 18.6 Å². The molecule has 0 fully saturated rings. The van der Waals surface area contributed by atoms with Crippen LogP contribution in [0, 0.1) is 0 Å². The molecule has 230 valence electrons. The topological polar surface area (TPSA) is 36.9 Å². The normalized spacial score (nSPS) is 17.6. The van der Waals surface area contributed by atoms with Crippen LogP contribution in [0.5, 0.6) is 23.0 Å². The zero-order valence-corrected chi connectivity index (χ0v) is 30.3. The van der Waals surface area contributed by atoms with Crippen molar-refractivity contribution in [2.24, 2.45) is 0 Å². The fourth-order valence-electron chi connectivity index (χ4n) is 6.37. The Kier molecular flexibility index (Phi) is 7.40. The Bertz CT molecular complexity index is 1400. The summed E-state index contributed by atoms with van der Waals surface area (Å²) in [5.74, 6) is 3.44. The lowest BCUT2D eigenvalue weighted by Crippen LogP contribution is -2.42. The quantitative estimate of drug-likeness (QED) is 0.330. The highest BCUT2D eigenvalue weighted by molar-refractivity contribution is 6.83. The molecule has 4 nitrogen and oxygen atoms in total. The molecule has 0 radical (unpaired) electrons. The molecule has 0 saturated heterocycles. The van der Waals surface area contributed by atoms with E-state index in [0.717, 1.165) is 33.9 Å². The third kappa shape index (κ3) is 5.95. The summed E-state index contributed by atoms with van der Waals surface area (Å²) in [5, 5.41) is 0. The molecule has 3 aliphatic rings. The van der Waals surface area contributed by atoms with E-state index >= 15 is 0 Å². The van der Waals surface area contributed by atoms with Gasteiger partial charge in [-0.25, -0.2) is 0 Å². The number of rotatable bonds is 3. The fourth-order valence-corrected chi connectivity index (χ4v) is 8.84. The van der Waals surface area contributed by atoms with E-state index in [1.54, 1.807) is 0 Å². The lowest BCUT2D eigenvalue weighted by Gasteiger charge is -2.31. The first kappa shape index (κ1) is 31.9. The van der Waals surface area contributed by atoms with E-state index in [0.29, 0.717) is 0 Å². The summed E-state index contributed by atoms with van der Waals surface area (Å²) in [7, 11) is -2.78. The Hall–Kier alpha value is -2.53. The van der Waals surface area contributed by atoms with Gasteiger partial charge in [0.05, 0.1) is 8.07 Å². The number of hydrogen-bond acceptors (Lipinski definition) is 4. The maximum absolute atomic E-state index is 6.75. The molecule has 2 aliphatic heterocycles. The number of benzene rings is 2. The van der Waals surface area contributed by atoms with Gasteiger partial charge in [-0.3, -0.25) is 0 Å². The van der Waals surface area contributed by atoms with E-state index in [1.807, 2.05) is 0 Å². The molecule has 0 unspecified atom stereocenters. The molecule has 43 heavy (non-hydrogen) atoms. The van der Waals surface area contributed by atoms with E-state index in [2.05, 4.69) is 139 Å². The predicted octanol–water partition coefficient (Wildman–Crippen LogP) is 9.75. The zero-order valence-electron chi connectivity index (χ0n) is 29.3. The zero-order chi connectivity index (χ0) is 32.1. The molecule has 2 aromatic rings. The Morgan fingerprint density at radius 2 is 0.860 bits per heavy atom. The molecule has 1 aliphatic carbocycles. The highest BCUT2D eigenvalue weighted by atomic mass is 28.3. The minimum Gasteiger partial charge on any atom is -0.519 e. The van der Waals surface area contributed by atoms with Crippen LogP contribution < -0.4 is 18.6 Å². The number of allylic oxidation sites excluding steroid dienone is 4. The molecule has 5 rings (SSSR count). The van der Waals surface area contributed by atoms with Crippen molar-refractivity contribution in [3.8, 4) is 23.0 Å². The Morgan fingerprint density at radius 1 is 0.512 bits per heavy atom. The maximum Gasteiger partial charge on any atom is 0.628 e. The van der Waals surface area contributed by atoms with Gasteiger partial charge >= 0.3 is 14.2 Å². The molecular formula is C36H52B2O4Si. The summed E-state index contributed by atoms with van der Waals surface area (Å²) in [4.78, 5) is 0. The summed E-state index contributed by atoms with van der Waals surface area (Å²) < 4.78 is 26.9. The van der Waals surface area contributed by atoms with Gasteiger partial charge in [-0.05, 0) is 61.4 Å². The second-order valence-electron chi connectivity index (χ2n) is 18.0. The van der Waals surface area contributed by atoms with Crippen LogP contribution in [-0.2, 0) is 21.7 Å². The van der Waals surface area contributed by atoms with E-state index in [1.165, 1.54) is 22.3 Å². The van der Waals surface area contributed by atoms with Gasteiger partial charge < -0.3 is 18.6 Å². The largest absolute Gasteiger partial charge is 0.628 e. The van der Waals surface area contributed by atoms with Gasteiger partial charge in [-0.15, -0.1) is 0 Å². The van der Waals surface area contributed by atoms with Crippen molar-refractivity contribution < 1.29 is 18.6 Å². The summed E-state index contributed by atoms with van der Waals surface area (Å²) in [5.41, 5.74) is 7.24. The van der Waals surface area contributed by atoms with Crippen LogP contribution in [0.25, 0.3) is 0 Å². The van der Waals surface area contributed by atoms with Crippen molar-refractivity contribution in [2.75, 3.05) is 0 Å². The second-order valence-corrected chi connectivity index (χ2v) is 23.3. The van der Waals surface area contributed by atoms with E-state index in [9.17, 15) is 0 Å². The third-order valence-electron chi connectivity index (χ3n) is 8.92.